The van der Waals surface area contributed by atoms with E-state index in [0.717, 1.165) is 12.5 Å². The first-order valence-corrected chi connectivity index (χ1v) is 19.5. The molecule has 0 aliphatic carbocycles. The summed E-state index contributed by atoms with van der Waals surface area (Å²) in [6.07, 6.45) is 0.137. The molecule has 0 heterocycles. The normalized spacial score (nSPS) is 16.2. The van der Waals surface area contributed by atoms with Crippen LogP contribution in [0.1, 0.15) is 13.3 Å². The van der Waals surface area contributed by atoms with Crippen LogP contribution < -0.4 is 0 Å². The third-order valence-electron chi connectivity index (χ3n) is 4.13. The predicted molar refractivity (Wildman–Crippen MR) is 111 cm³/mol. The fourth-order valence-electron chi connectivity index (χ4n) is 2.33. The van der Waals surface area contributed by atoms with E-state index in [0.29, 0.717) is 12.2 Å². The van der Waals surface area contributed by atoms with Crippen molar-refractivity contribution in [3.63, 3.8) is 0 Å². The molecule has 0 radical (unpaired) electrons. The van der Waals surface area contributed by atoms with Crippen molar-refractivity contribution in [2.45, 2.75) is 71.3 Å². The van der Waals surface area contributed by atoms with Crippen molar-refractivity contribution < 1.29 is 23.5 Å². The van der Waals surface area contributed by atoms with Gasteiger partial charge in [0, 0.05) is 12.2 Å². The van der Waals surface area contributed by atoms with E-state index in [2.05, 4.69) is 52.4 Å². The number of ether oxygens (including phenoxy) is 2. The molecule has 0 saturated heterocycles. The maximum atomic E-state index is 11.3. The van der Waals surface area contributed by atoms with Crippen molar-refractivity contribution in [3.05, 3.63) is 12.2 Å². The van der Waals surface area contributed by atoms with Crippen molar-refractivity contribution in [2.75, 3.05) is 19.8 Å². The molecule has 148 valence electrons. The Kier molecular flexibility index (Phi) is 10.1. The van der Waals surface area contributed by atoms with E-state index in [-0.39, 0.29) is 13.2 Å². The second kappa shape index (κ2) is 10.2. The molecule has 8 heteroatoms. The molecule has 0 amide bonds. The van der Waals surface area contributed by atoms with Crippen LogP contribution in [0.4, 0.5) is 0 Å². The van der Waals surface area contributed by atoms with Gasteiger partial charge in [0.2, 0.25) is 0 Å². The zero-order chi connectivity index (χ0) is 19.9. The van der Waals surface area contributed by atoms with Crippen LogP contribution in [-0.2, 0) is 18.4 Å². The largest absolute Gasteiger partial charge is 0.460 e. The lowest BCUT2D eigenvalue weighted by molar-refractivity contribution is -0.143. The Labute approximate surface area is 156 Å². The molecule has 0 aromatic heterocycles. The summed E-state index contributed by atoms with van der Waals surface area (Å²) in [5.74, 6) is -0.487. The van der Waals surface area contributed by atoms with Crippen LogP contribution in [0.25, 0.3) is 0 Å². The lowest BCUT2D eigenvalue weighted by Gasteiger charge is -2.43. The highest BCUT2D eigenvalue weighted by Crippen LogP contribution is 2.29. The summed E-state index contributed by atoms with van der Waals surface area (Å²) in [6.45, 7) is 22.1. The lowest BCUT2D eigenvalue weighted by Crippen LogP contribution is -2.61. The molecule has 0 aromatic rings. The van der Waals surface area contributed by atoms with Crippen molar-refractivity contribution in [3.8, 4) is 0 Å². The van der Waals surface area contributed by atoms with Crippen LogP contribution in [-0.4, -0.2) is 60.7 Å². The number of aliphatic hydroxyl groups is 1. The van der Waals surface area contributed by atoms with Gasteiger partial charge in [-0.3, -0.25) is 0 Å². The maximum absolute atomic E-state index is 11.3. The first-order chi connectivity index (χ1) is 11.2. The highest BCUT2D eigenvalue weighted by atomic mass is 29.3. The van der Waals surface area contributed by atoms with Gasteiger partial charge in [0.15, 0.2) is 16.2 Å². The Bertz CT molecular complexity index is 443. The van der Waals surface area contributed by atoms with Gasteiger partial charge in [-0.05, 0) is 45.6 Å². The van der Waals surface area contributed by atoms with Crippen LogP contribution in [0, 0.1) is 0 Å². The van der Waals surface area contributed by atoms with Crippen LogP contribution in [0.5, 0.6) is 0 Å². The Hall–Kier alpha value is -0.259. The number of hydrogen-bond acceptors (Lipinski definition) is 5. The van der Waals surface area contributed by atoms with Gasteiger partial charge in [0.1, 0.15) is 12.7 Å². The van der Waals surface area contributed by atoms with Gasteiger partial charge in [-0.1, -0.05) is 26.2 Å². The summed E-state index contributed by atoms with van der Waals surface area (Å²) in [6, 6.07) is 1.09. The minimum absolute atomic E-state index is 0.0637. The number of esters is 1. The minimum Gasteiger partial charge on any atom is -0.460 e. The average Bonchev–Trinajstić information content (AvgIpc) is 2.41. The Balaban J connectivity index is 4.23. The molecule has 2 unspecified atom stereocenters. The monoisotopic (exact) mass is 406 g/mol. The zero-order valence-electron chi connectivity index (χ0n) is 17.4. The van der Waals surface area contributed by atoms with Crippen molar-refractivity contribution in [1.29, 1.82) is 0 Å². The van der Waals surface area contributed by atoms with E-state index in [1.165, 1.54) is 0 Å². The van der Waals surface area contributed by atoms with Crippen LogP contribution in [0.2, 0.25) is 51.9 Å². The Morgan fingerprint density at radius 2 is 1.64 bits per heavy atom. The van der Waals surface area contributed by atoms with Gasteiger partial charge in [-0.2, -0.15) is 0 Å². The van der Waals surface area contributed by atoms with Gasteiger partial charge < -0.3 is 18.7 Å². The van der Waals surface area contributed by atoms with E-state index in [4.69, 9.17) is 13.6 Å². The molecule has 0 saturated carbocycles. The zero-order valence-corrected chi connectivity index (χ0v) is 20.4. The van der Waals surface area contributed by atoms with Gasteiger partial charge in [-0.15, -0.1) is 0 Å². The molecule has 5 nitrogen and oxygen atoms in total. The third-order valence-corrected chi connectivity index (χ3v) is 24.0. The van der Waals surface area contributed by atoms with Crippen molar-refractivity contribution in [2.24, 2.45) is 0 Å². The second-order valence-electron chi connectivity index (χ2n) is 8.91. The molecule has 0 aliphatic heterocycles. The quantitative estimate of drug-likeness (QED) is 0.232. The molecule has 0 rings (SSSR count). The van der Waals surface area contributed by atoms with Crippen LogP contribution >= 0.6 is 0 Å². The van der Waals surface area contributed by atoms with Crippen molar-refractivity contribution in [1.82, 2.24) is 0 Å². The summed E-state index contributed by atoms with van der Waals surface area (Å²) >= 11 is 0. The maximum Gasteiger partial charge on any atom is 0.333 e. The van der Waals surface area contributed by atoms with Gasteiger partial charge in [-0.25, -0.2) is 4.79 Å². The first-order valence-electron chi connectivity index (χ1n) is 8.96. The molecular formula is C17H38O5Si3. The number of rotatable bonds is 12. The number of aliphatic hydroxyl groups excluding tert-OH is 1. The summed E-state index contributed by atoms with van der Waals surface area (Å²) in [5.41, 5.74) is 0.325. The molecule has 0 spiro atoms. The number of carbonyl (C=O) groups is 1. The predicted octanol–water partition coefficient (Wildman–Crippen LogP) is 3.72. The molecule has 2 atom stereocenters. The van der Waals surface area contributed by atoms with Gasteiger partial charge in [0.25, 0.3) is 0 Å². The summed E-state index contributed by atoms with van der Waals surface area (Å²) < 4.78 is 17.1. The Morgan fingerprint density at radius 1 is 1.08 bits per heavy atom. The molecule has 0 aliphatic rings. The summed E-state index contributed by atoms with van der Waals surface area (Å²) in [4.78, 5) is 11.3. The molecule has 25 heavy (non-hydrogen) atoms. The summed E-state index contributed by atoms with van der Waals surface area (Å²) in [7, 11) is -4.64. The Morgan fingerprint density at radius 3 is 2.08 bits per heavy atom. The van der Waals surface area contributed by atoms with E-state index in [1.54, 1.807) is 6.92 Å². The third kappa shape index (κ3) is 10.5. The van der Waals surface area contributed by atoms with E-state index < -0.39 is 35.8 Å². The molecule has 0 aromatic carbocycles. The van der Waals surface area contributed by atoms with Crippen LogP contribution in [0.3, 0.4) is 0 Å². The summed E-state index contributed by atoms with van der Waals surface area (Å²) in [5, 5.41) is 9.79. The van der Waals surface area contributed by atoms with E-state index in [9.17, 15) is 9.90 Å². The average molecular weight is 407 g/mol. The lowest BCUT2D eigenvalue weighted by atomic mass is 10.3. The van der Waals surface area contributed by atoms with Crippen LogP contribution in [0.15, 0.2) is 12.2 Å². The number of carbonyl (C=O) groups excluding carboxylic acids is 1. The highest BCUT2D eigenvalue weighted by molar-refractivity contribution is 7.39. The minimum atomic E-state index is -1.73. The van der Waals surface area contributed by atoms with Crippen molar-refractivity contribution >= 4 is 29.7 Å². The molecular weight excluding hydrogens is 368 g/mol. The number of hydrogen-bond donors (Lipinski definition) is 1. The first kappa shape index (κ1) is 24.7. The molecule has 0 bridgehead atoms. The van der Waals surface area contributed by atoms with E-state index >= 15 is 0 Å². The fraction of sp³-hybridized carbons (Fsp3) is 0.824. The second-order valence-corrected chi connectivity index (χ2v) is 29.1. The molecule has 0 fully saturated rings. The van der Waals surface area contributed by atoms with Gasteiger partial charge in [0.05, 0.1) is 14.2 Å². The SMILES string of the molecule is C=C(C)C(=O)OCC(O)COCCC[Si](C)(O[Si](C)(C)C)[Si](C)(C)C. The standard InChI is InChI=1S/C17H38O5Si3/c1-15(2)17(19)21-14-16(18)13-20-11-10-12-25(9,24(6,7)8)22-23(3,4)5/h16,18H,1,10-14H2,2-9H3. The highest BCUT2D eigenvalue weighted by Gasteiger charge is 2.45. The molecule has 1 N–H and O–H groups in total. The van der Waals surface area contributed by atoms with Gasteiger partial charge >= 0.3 is 5.97 Å². The smallest absolute Gasteiger partial charge is 0.333 e. The van der Waals surface area contributed by atoms with E-state index in [1.807, 2.05) is 0 Å². The topological polar surface area (TPSA) is 65.0 Å². The fourth-order valence-corrected chi connectivity index (χ4v) is 19.2.